The molecule has 0 aliphatic carbocycles. The van der Waals surface area contributed by atoms with Crippen LogP contribution in [0.1, 0.15) is 17.2 Å². The molecule has 1 aromatic rings. The number of rotatable bonds is 0. The van der Waals surface area contributed by atoms with Gasteiger partial charge in [0.1, 0.15) is 0 Å². The van der Waals surface area contributed by atoms with Gasteiger partial charge in [-0.2, -0.15) is 0 Å². The molecule has 0 amide bonds. The van der Waals surface area contributed by atoms with Crippen LogP contribution >= 0.6 is 0 Å². The first kappa shape index (κ1) is 7.31. The summed E-state index contributed by atoms with van der Waals surface area (Å²) in [5.41, 5.74) is 7.97. The molecule has 0 spiro atoms. The average molecular weight is 162 g/mol. The van der Waals surface area contributed by atoms with Crippen molar-refractivity contribution < 1.29 is 4.84 Å². The quantitative estimate of drug-likeness (QED) is 0.626. The summed E-state index contributed by atoms with van der Waals surface area (Å²) in [6, 6.07) is 5.76. The molecule has 2 rings (SSSR count). The second-order valence-electron chi connectivity index (χ2n) is 2.91. The molecule has 0 bridgehead atoms. The zero-order chi connectivity index (χ0) is 8.55. The maximum absolute atomic E-state index is 5.79. The van der Waals surface area contributed by atoms with Crippen molar-refractivity contribution in [1.82, 2.24) is 0 Å². The maximum atomic E-state index is 5.79. The molecule has 1 aliphatic rings. The van der Waals surface area contributed by atoms with E-state index < -0.39 is 0 Å². The van der Waals surface area contributed by atoms with Crippen molar-refractivity contribution >= 4 is 6.21 Å². The molecule has 62 valence electrons. The number of fused-ring (bicyclic) bond motifs is 1. The van der Waals surface area contributed by atoms with Gasteiger partial charge >= 0.3 is 0 Å². The van der Waals surface area contributed by atoms with Gasteiger partial charge in [0.2, 0.25) is 0 Å². The Morgan fingerprint density at radius 1 is 1.50 bits per heavy atom. The van der Waals surface area contributed by atoms with Crippen LogP contribution in [0.25, 0.3) is 0 Å². The number of nitrogens with two attached hydrogens (primary N) is 1. The smallest absolute Gasteiger partial charge is 0.163 e. The van der Waals surface area contributed by atoms with Gasteiger partial charge in [-0.05, 0) is 13.0 Å². The molecule has 0 aromatic heterocycles. The standard InChI is InChI=1S/C9H10N2O/c1-6-2-3-9-7(4-6)8(10)5-11-12-9/h2-5,8H,10H2,1H3. The third-order valence-corrected chi connectivity index (χ3v) is 1.90. The molecule has 0 saturated carbocycles. The predicted octanol–water partition coefficient (Wildman–Crippen LogP) is 1.37. The zero-order valence-electron chi connectivity index (χ0n) is 6.82. The van der Waals surface area contributed by atoms with Gasteiger partial charge in [0.15, 0.2) is 5.75 Å². The Kier molecular flexibility index (Phi) is 1.59. The Morgan fingerprint density at radius 2 is 2.33 bits per heavy atom. The molecule has 1 aliphatic heterocycles. The summed E-state index contributed by atoms with van der Waals surface area (Å²) < 4.78 is 0. The van der Waals surface area contributed by atoms with Gasteiger partial charge in [-0.15, -0.1) is 0 Å². The van der Waals surface area contributed by atoms with Gasteiger partial charge in [-0.1, -0.05) is 22.9 Å². The van der Waals surface area contributed by atoms with Crippen molar-refractivity contribution in [2.45, 2.75) is 13.0 Å². The molecule has 1 unspecified atom stereocenters. The van der Waals surface area contributed by atoms with Crippen LogP contribution in [-0.4, -0.2) is 6.21 Å². The van der Waals surface area contributed by atoms with E-state index in [2.05, 4.69) is 5.16 Å². The third-order valence-electron chi connectivity index (χ3n) is 1.90. The van der Waals surface area contributed by atoms with Crippen LogP contribution in [0.3, 0.4) is 0 Å². The molecule has 0 radical (unpaired) electrons. The normalized spacial score (nSPS) is 20.0. The topological polar surface area (TPSA) is 47.6 Å². The summed E-state index contributed by atoms with van der Waals surface area (Å²) in [7, 11) is 0. The van der Waals surface area contributed by atoms with E-state index in [1.54, 1.807) is 6.21 Å². The predicted molar refractivity (Wildman–Crippen MR) is 47.2 cm³/mol. The Hall–Kier alpha value is -1.35. The van der Waals surface area contributed by atoms with Gasteiger partial charge < -0.3 is 10.6 Å². The van der Waals surface area contributed by atoms with E-state index >= 15 is 0 Å². The first-order valence-corrected chi connectivity index (χ1v) is 3.84. The lowest BCUT2D eigenvalue weighted by molar-refractivity contribution is 0.329. The number of hydrogen-bond acceptors (Lipinski definition) is 3. The van der Waals surface area contributed by atoms with E-state index in [1.165, 1.54) is 5.56 Å². The highest BCUT2D eigenvalue weighted by Gasteiger charge is 2.14. The Balaban J connectivity index is 2.52. The van der Waals surface area contributed by atoms with Crippen molar-refractivity contribution in [3.63, 3.8) is 0 Å². The van der Waals surface area contributed by atoms with E-state index in [1.807, 2.05) is 25.1 Å². The fourth-order valence-electron chi connectivity index (χ4n) is 1.24. The van der Waals surface area contributed by atoms with E-state index in [9.17, 15) is 0 Å². The Labute approximate surface area is 70.8 Å². The molecule has 1 aromatic carbocycles. The van der Waals surface area contributed by atoms with Crippen LogP contribution in [0.15, 0.2) is 23.4 Å². The lowest BCUT2D eigenvalue weighted by atomic mass is 10.0. The number of benzene rings is 1. The fourth-order valence-corrected chi connectivity index (χ4v) is 1.24. The third kappa shape index (κ3) is 1.08. The first-order chi connectivity index (χ1) is 5.77. The monoisotopic (exact) mass is 162 g/mol. The van der Waals surface area contributed by atoms with Gasteiger partial charge in [-0.3, -0.25) is 0 Å². The summed E-state index contributed by atoms with van der Waals surface area (Å²) in [6.45, 7) is 2.03. The van der Waals surface area contributed by atoms with E-state index in [4.69, 9.17) is 10.6 Å². The second-order valence-corrected chi connectivity index (χ2v) is 2.91. The summed E-state index contributed by atoms with van der Waals surface area (Å²) in [5, 5.41) is 3.68. The molecule has 3 heteroatoms. The Bertz CT molecular complexity index is 333. The maximum Gasteiger partial charge on any atom is 0.163 e. The number of hydrogen-bond donors (Lipinski definition) is 1. The van der Waals surface area contributed by atoms with Gasteiger partial charge in [0.25, 0.3) is 0 Å². The van der Waals surface area contributed by atoms with Crippen LogP contribution in [-0.2, 0) is 0 Å². The van der Waals surface area contributed by atoms with Crippen molar-refractivity contribution in [1.29, 1.82) is 0 Å². The molecule has 2 N–H and O–H groups in total. The largest absolute Gasteiger partial charge is 0.357 e. The molecule has 0 fully saturated rings. The van der Waals surface area contributed by atoms with E-state index in [0.29, 0.717) is 0 Å². The summed E-state index contributed by atoms with van der Waals surface area (Å²) in [4.78, 5) is 5.04. The summed E-state index contributed by atoms with van der Waals surface area (Å²) in [5.74, 6) is 0.760. The van der Waals surface area contributed by atoms with Crippen molar-refractivity contribution in [3.8, 4) is 5.75 Å². The van der Waals surface area contributed by atoms with E-state index in [0.717, 1.165) is 11.3 Å². The number of aryl methyl sites for hydroxylation is 1. The highest BCUT2D eigenvalue weighted by Crippen LogP contribution is 2.27. The minimum absolute atomic E-state index is 0.131. The highest BCUT2D eigenvalue weighted by molar-refractivity contribution is 5.70. The molecular formula is C9H10N2O. The van der Waals surface area contributed by atoms with Crippen LogP contribution in [0.2, 0.25) is 0 Å². The lowest BCUT2D eigenvalue weighted by Crippen LogP contribution is -2.16. The highest BCUT2D eigenvalue weighted by atomic mass is 16.6. The van der Waals surface area contributed by atoms with Gasteiger partial charge in [-0.25, -0.2) is 0 Å². The molecule has 0 saturated heterocycles. The van der Waals surface area contributed by atoms with Crippen molar-refractivity contribution in [2.24, 2.45) is 10.9 Å². The summed E-state index contributed by atoms with van der Waals surface area (Å²) >= 11 is 0. The molecule has 3 nitrogen and oxygen atoms in total. The zero-order valence-corrected chi connectivity index (χ0v) is 6.82. The second kappa shape index (κ2) is 2.60. The van der Waals surface area contributed by atoms with Gasteiger partial charge in [0.05, 0.1) is 12.3 Å². The first-order valence-electron chi connectivity index (χ1n) is 3.84. The minimum atomic E-state index is -0.131. The number of oxime groups is 1. The molecule has 1 heterocycles. The average Bonchev–Trinajstić information content (AvgIpc) is 2.07. The van der Waals surface area contributed by atoms with Crippen molar-refractivity contribution in [2.75, 3.05) is 0 Å². The Morgan fingerprint density at radius 3 is 3.17 bits per heavy atom. The van der Waals surface area contributed by atoms with E-state index in [-0.39, 0.29) is 6.04 Å². The molecule has 12 heavy (non-hydrogen) atoms. The van der Waals surface area contributed by atoms with Crippen LogP contribution in [0.4, 0.5) is 0 Å². The van der Waals surface area contributed by atoms with Crippen LogP contribution in [0, 0.1) is 6.92 Å². The van der Waals surface area contributed by atoms with Crippen LogP contribution < -0.4 is 10.6 Å². The fraction of sp³-hybridized carbons (Fsp3) is 0.222. The lowest BCUT2D eigenvalue weighted by Gasteiger charge is -2.15. The SMILES string of the molecule is Cc1ccc2c(c1)C(N)C=NO2. The molecular weight excluding hydrogens is 152 g/mol. The minimum Gasteiger partial charge on any atom is -0.357 e. The van der Waals surface area contributed by atoms with Gasteiger partial charge in [0, 0.05) is 5.56 Å². The molecule has 1 atom stereocenters. The summed E-state index contributed by atoms with van der Waals surface area (Å²) in [6.07, 6.45) is 1.60. The number of nitrogens with zero attached hydrogens (tertiary/aromatic N) is 1. The van der Waals surface area contributed by atoms with Crippen LogP contribution in [0.5, 0.6) is 5.75 Å². The van der Waals surface area contributed by atoms with Crippen molar-refractivity contribution in [3.05, 3.63) is 29.3 Å².